The summed E-state index contributed by atoms with van der Waals surface area (Å²) < 4.78 is 9.13. The smallest absolute Gasteiger partial charge is 0.407 e. The summed E-state index contributed by atoms with van der Waals surface area (Å²) in [6, 6.07) is 0. The fourth-order valence-corrected chi connectivity index (χ4v) is 1.62. The minimum atomic E-state index is -0.464. The normalized spacial score (nSPS) is 11.1. The summed E-state index contributed by atoms with van der Waals surface area (Å²) in [5.41, 5.74) is -0.464. The fourth-order valence-electron chi connectivity index (χ4n) is 1.02. The van der Waals surface area contributed by atoms with Gasteiger partial charge < -0.3 is 15.4 Å². The molecule has 0 unspecified atom stereocenters. The van der Waals surface area contributed by atoms with Crippen LogP contribution in [0.4, 0.5) is 9.93 Å². The van der Waals surface area contributed by atoms with Gasteiger partial charge in [-0.1, -0.05) is 0 Å². The van der Waals surface area contributed by atoms with E-state index in [0.717, 1.165) is 11.0 Å². The number of nitrogens with one attached hydrogen (secondary N) is 2. The molecule has 0 aliphatic rings. The van der Waals surface area contributed by atoms with Gasteiger partial charge in [0.25, 0.3) is 0 Å². The van der Waals surface area contributed by atoms with E-state index in [1.807, 2.05) is 27.7 Å². The number of rotatable bonds is 4. The molecule has 0 atom stereocenters. The molecule has 7 heteroatoms. The lowest BCUT2D eigenvalue weighted by atomic mass is 10.2. The molecule has 1 aromatic heterocycles. The zero-order chi connectivity index (χ0) is 12.9. The van der Waals surface area contributed by atoms with Crippen LogP contribution in [0.2, 0.25) is 0 Å². The summed E-state index contributed by atoms with van der Waals surface area (Å²) >= 11 is 1.30. The third-order valence-electron chi connectivity index (χ3n) is 1.60. The van der Waals surface area contributed by atoms with Crippen molar-refractivity contribution in [3.8, 4) is 0 Å². The Morgan fingerprint density at radius 3 is 2.65 bits per heavy atom. The van der Waals surface area contributed by atoms with Gasteiger partial charge in [0, 0.05) is 24.6 Å². The van der Waals surface area contributed by atoms with Crippen LogP contribution in [0.3, 0.4) is 0 Å². The minimum Gasteiger partial charge on any atom is -0.444 e. The van der Waals surface area contributed by atoms with E-state index < -0.39 is 11.7 Å². The standard InChI is InChI=1S/C10H18N4O2S/c1-7-13-8(17-14-7)11-5-6-12-9(15)16-10(2,3)4/h5-6H2,1-4H3,(H,12,15)(H,11,13,14). The Morgan fingerprint density at radius 1 is 1.41 bits per heavy atom. The molecule has 6 nitrogen and oxygen atoms in total. The lowest BCUT2D eigenvalue weighted by Gasteiger charge is -2.19. The SMILES string of the molecule is Cc1nsc(NCCNC(=O)OC(C)(C)C)n1. The van der Waals surface area contributed by atoms with Crippen molar-refractivity contribution in [1.29, 1.82) is 0 Å². The number of alkyl carbamates (subject to hydrolysis) is 1. The number of aromatic nitrogens is 2. The average Bonchev–Trinajstić information content (AvgIpc) is 2.56. The zero-order valence-corrected chi connectivity index (χ0v) is 11.3. The van der Waals surface area contributed by atoms with E-state index in [1.165, 1.54) is 11.5 Å². The van der Waals surface area contributed by atoms with E-state index in [2.05, 4.69) is 20.0 Å². The molecule has 1 rings (SSSR count). The summed E-state index contributed by atoms with van der Waals surface area (Å²) in [6.07, 6.45) is -0.409. The molecular formula is C10H18N4O2S. The van der Waals surface area contributed by atoms with Crippen LogP contribution >= 0.6 is 11.5 Å². The molecule has 17 heavy (non-hydrogen) atoms. The number of amides is 1. The maximum atomic E-state index is 11.3. The van der Waals surface area contributed by atoms with Crippen LogP contribution in [0.25, 0.3) is 0 Å². The van der Waals surface area contributed by atoms with E-state index in [4.69, 9.17) is 4.74 Å². The highest BCUT2D eigenvalue weighted by Gasteiger charge is 2.15. The topological polar surface area (TPSA) is 76.1 Å². The van der Waals surface area contributed by atoms with Crippen LogP contribution < -0.4 is 10.6 Å². The van der Waals surface area contributed by atoms with Gasteiger partial charge in [-0.25, -0.2) is 9.78 Å². The maximum absolute atomic E-state index is 11.3. The van der Waals surface area contributed by atoms with Crippen molar-refractivity contribution in [3.63, 3.8) is 0 Å². The molecule has 2 N–H and O–H groups in total. The van der Waals surface area contributed by atoms with Gasteiger partial charge in [-0.15, -0.1) is 0 Å². The van der Waals surface area contributed by atoms with Crippen molar-refractivity contribution in [2.75, 3.05) is 18.4 Å². The van der Waals surface area contributed by atoms with Crippen LogP contribution in [0.1, 0.15) is 26.6 Å². The fraction of sp³-hybridized carbons (Fsp3) is 0.700. The largest absolute Gasteiger partial charge is 0.444 e. The summed E-state index contributed by atoms with van der Waals surface area (Å²) in [7, 11) is 0. The molecule has 0 saturated heterocycles. The number of hydrogen-bond acceptors (Lipinski definition) is 6. The molecule has 0 radical (unpaired) electrons. The van der Waals surface area contributed by atoms with E-state index >= 15 is 0 Å². The predicted molar refractivity (Wildman–Crippen MR) is 67.4 cm³/mol. The predicted octanol–water partition coefficient (Wildman–Crippen LogP) is 1.78. The van der Waals surface area contributed by atoms with Gasteiger partial charge >= 0.3 is 6.09 Å². The van der Waals surface area contributed by atoms with Crippen LogP contribution in [0.15, 0.2) is 0 Å². The monoisotopic (exact) mass is 258 g/mol. The lowest BCUT2D eigenvalue weighted by molar-refractivity contribution is 0.0530. The first-order valence-corrected chi connectivity index (χ1v) is 6.15. The lowest BCUT2D eigenvalue weighted by Crippen LogP contribution is -2.34. The molecule has 0 aliphatic carbocycles. The van der Waals surface area contributed by atoms with Gasteiger partial charge in [0.05, 0.1) is 0 Å². The van der Waals surface area contributed by atoms with Crippen molar-refractivity contribution >= 4 is 22.8 Å². The number of nitrogens with zero attached hydrogens (tertiary/aromatic N) is 2. The number of anilines is 1. The first-order valence-electron chi connectivity index (χ1n) is 5.38. The molecule has 96 valence electrons. The number of aryl methyl sites for hydroxylation is 1. The number of hydrogen-bond donors (Lipinski definition) is 2. The van der Waals surface area contributed by atoms with Crippen molar-refractivity contribution in [3.05, 3.63) is 5.82 Å². The second kappa shape index (κ2) is 5.81. The van der Waals surface area contributed by atoms with Crippen LogP contribution in [0.5, 0.6) is 0 Å². The molecule has 0 fully saturated rings. The molecule has 0 bridgehead atoms. The molecule has 1 heterocycles. The van der Waals surface area contributed by atoms with Gasteiger partial charge in [-0.3, -0.25) is 0 Å². The Bertz CT molecular complexity index is 373. The van der Waals surface area contributed by atoms with Gasteiger partial charge in [0.1, 0.15) is 11.4 Å². The highest BCUT2D eigenvalue weighted by Crippen LogP contribution is 2.09. The Hall–Kier alpha value is -1.37. The van der Waals surface area contributed by atoms with Gasteiger partial charge in [-0.2, -0.15) is 4.37 Å². The van der Waals surface area contributed by atoms with Gasteiger partial charge in [0.2, 0.25) is 5.13 Å². The molecule has 0 aliphatic heterocycles. The molecule has 1 amide bonds. The number of ether oxygens (including phenoxy) is 1. The van der Waals surface area contributed by atoms with E-state index in [1.54, 1.807) is 0 Å². The van der Waals surface area contributed by atoms with Crippen LogP contribution in [0, 0.1) is 6.92 Å². The Balaban J connectivity index is 2.14. The van der Waals surface area contributed by atoms with Gasteiger partial charge in [0.15, 0.2) is 0 Å². The first-order chi connectivity index (χ1) is 7.87. The quantitative estimate of drug-likeness (QED) is 0.805. The molecule has 0 aromatic carbocycles. The third-order valence-corrected chi connectivity index (χ3v) is 2.36. The van der Waals surface area contributed by atoms with Crippen molar-refractivity contribution < 1.29 is 9.53 Å². The zero-order valence-electron chi connectivity index (χ0n) is 10.5. The van der Waals surface area contributed by atoms with Crippen LogP contribution in [-0.2, 0) is 4.74 Å². The average molecular weight is 258 g/mol. The minimum absolute atomic E-state index is 0.409. The summed E-state index contributed by atoms with van der Waals surface area (Å²) in [5.74, 6) is 0.748. The molecule has 1 aromatic rings. The molecule has 0 spiro atoms. The molecule has 0 saturated carbocycles. The highest BCUT2D eigenvalue weighted by atomic mass is 32.1. The summed E-state index contributed by atoms with van der Waals surface area (Å²) in [5, 5.41) is 6.47. The Kier molecular flexibility index (Phi) is 4.68. The van der Waals surface area contributed by atoms with Crippen molar-refractivity contribution in [2.45, 2.75) is 33.3 Å². The van der Waals surface area contributed by atoms with E-state index in [0.29, 0.717) is 13.1 Å². The third kappa shape index (κ3) is 6.06. The number of carbonyl (C=O) groups excluding carboxylic acids is 1. The van der Waals surface area contributed by atoms with E-state index in [9.17, 15) is 4.79 Å². The van der Waals surface area contributed by atoms with Crippen molar-refractivity contribution in [2.24, 2.45) is 0 Å². The summed E-state index contributed by atoms with van der Waals surface area (Å²) in [6.45, 7) is 8.39. The Morgan fingerprint density at radius 2 is 2.12 bits per heavy atom. The second-order valence-electron chi connectivity index (χ2n) is 4.50. The van der Waals surface area contributed by atoms with Gasteiger partial charge in [-0.05, 0) is 27.7 Å². The number of carbonyl (C=O) groups is 1. The summed E-state index contributed by atoms with van der Waals surface area (Å²) in [4.78, 5) is 15.4. The van der Waals surface area contributed by atoms with Crippen molar-refractivity contribution in [1.82, 2.24) is 14.7 Å². The highest BCUT2D eigenvalue weighted by molar-refractivity contribution is 7.09. The van der Waals surface area contributed by atoms with Crippen LogP contribution in [-0.4, -0.2) is 34.1 Å². The Labute approximate surface area is 105 Å². The van der Waals surface area contributed by atoms with E-state index in [-0.39, 0.29) is 0 Å². The first kappa shape index (κ1) is 13.7. The second-order valence-corrected chi connectivity index (χ2v) is 5.25. The molecular weight excluding hydrogens is 240 g/mol. The maximum Gasteiger partial charge on any atom is 0.407 e.